The van der Waals surface area contributed by atoms with Crippen molar-refractivity contribution in [2.45, 2.75) is 13.0 Å². The van der Waals surface area contributed by atoms with Crippen LogP contribution >= 0.6 is 11.6 Å². The Bertz CT molecular complexity index is 923. The molecule has 0 spiro atoms. The largest absolute Gasteiger partial charge is 0.492 e. The average molecular weight is 371 g/mol. The summed E-state index contributed by atoms with van der Waals surface area (Å²) in [6.45, 7) is 0.229. The summed E-state index contributed by atoms with van der Waals surface area (Å²) in [6, 6.07) is 14.7. The molecule has 2 aromatic carbocycles. The van der Waals surface area contributed by atoms with E-state index in [0.717, 1.165) is 16.9 Å². The number of para-hydroxylation sites is 1. The minimum Gasteiger partial charge on any atom is -0.492 e. The Morgan fingerprint density at radius 1 is 1.15 bits per heavy atom. The van der Waals surface area contributed by atoms with Crippen molar-refractivity contribution >= 4 is 17.6 Å². The van der Waals surface area contributed by atoms with Gasteiger partial charge in [0.05, 0.1) is 5.92 Å². The predicted molar refractivity (Wildman–Crippen MR) is 93.7 cm³/mol. The van der Waals surface area contributed by atoms with Gasteiger partial charge in [0.1, 0.15) is 12.4 Å². The second kappa shape index (κ2) is 7.17. The van der Waals surface area contributed by atoms with Crippen molar-refractivity contribution in [2.75, 3.05) is 6.61 Å². The van der Waals surface area contributed by atoms with E-state index in [2.05, 4.69) is 10.2 Å². The van der Waals surface area contributed by atoms with Crippen LogP contribution in [0.25, 0.3) is 11.5 Å². The summed E-state index contributed by atoms with van der Waals surface area (Å²) in [6.07, 6.45) is 0.592. The Balaban J connectivity index is 1.36. The van der Waals surface area contributed by atoms with E-state index in [1.165, 1.54) is 0 Å². The molecule has 0 fully saturated rings. The number of hydrogen-bond donors (Lipinski definition) is 0. The molecule has 0 saturated heterocycles. The van der Waals surface area contributed by atoms with Gasteiger partial charge < -0.3 is 13.9 Å². The summed E-state index contributed by atoms with van der Waals surface area (Å²) in [4.78, 5) is 12.3. The summed E-state index contributed by atoms with van der Waals surface area (Å²) in [5.74, 6) is 0.721. The van der Waals surface area contributed by atoms with E-state index in [0.29, 0.717) is 23.9 Å². The highest BCUT2D eigenvalue weighted by Crippen LogP contribution is 2.27. The third kappa shape index (κ3) is 3.55. The summed E-state index contributed by atoms with van der Waals surface area (Å²) in [7, 11) is 0. The van der Waals surface area contributed by atoms with Crippen LogP contribution in [0.5, 0.6) is 5.75 Å². The van der Waals surface area contributed by atoms with E-state index in [-0.39, 0.29) is 24.4 Å². The zero-order valence-corrected chi connectivity index (χ0v) is 14.5. The van der Waals surface area contributed by atoms with Crippen LogP contribution in [0, 0.1) is 5.92 Å². The van der Waals surface area contributed by atoms with Gasteiger partial charge in [-0.1, -0.05) is 29.8 Å². The summed E-state index contributed by atoms with van der Waals surface area (Å²) in [5.41, 5.74) is 1.75. The maximum absolute atomic E-state index is 12.3. The lowest BCUT2D eigenvalue weighted by atomic mass is 9.97. The van der Waals surface area contributed by atoms with Crippen LogP contribution in [0.4, 0.5) is 0 Å². The van der Waals surface area contributed by atoms with Gasteiger partial charge in [-0.25, -0.2) is 0 Å². The Morgan fingerprint density at radius 2 is 1.96 bits per heavy atom. The smallest absolute Gasteiger partial charge is 0.313 e. The van der Waals surface area contributed by atoms with Crippen molar-refractivity contribution < 1.29 is 18.7 Å². The lowest BCUT2D eigenvalue weighted by molar-refractivity contribution is -0.152. The molecule has 0 saturated carbocycles. The van der Waals surface area contributed by atoms with Crippen LogP contribution in [0.15, 0.2) is 52.9 Å². The van der Waals surface area contributed by atoms with E-state index < -0.39 is 0 Å². The number of hydrogen-bond acceptors (Lipinski definition) is 6. The fourth-order valence-corrected chi connectivity index (χ4v) is 2.88. The zero-order chi connectivity index (χ0) is 17.9. The molecule has 0 bridgehead atoms. The van der Waals surface area contributed by atoms with Crippen molar-refractivity contribution in [2.24, 2.45) is 5.92 Å². The van der Waals surface area contributed by atoms with Gasteiger partial charge in [0.2, 0.25) is 5.89 Å². The quantitative estimate of drug-likeness (QED) is 0.652. The molecule has 26 heavy (non-hydrogen) atoms. The molecule has 0 N–H and O–H groups in total. The fraction of sp³-hybridized carbons (Fsp3) is 0.211. The SMILES string of the molecule is O=C(OCc1nnc(-c2ccc(Cl)cc2)o1)C1COc2ccccc2C1. The number of ether oxygens (including phenoxy) is 2. The van der Waals surface area contributed by atoms with Crippen LogP contribution in [0.2, 0.25) is 5.02 Å². The van der Waals surface area contributed by atoms with Crippen LogP contribution < -0.4 is 4.74 Å². The molecule has 2 heterocycles. The Hall–Kier alpha value is -2.86. The molecule has 1 unspecified atom stereocenters. The second-order valence-electron chi connectivity index (χ2n) is 5.94. The number of carbonyl (C=O) groups is 1. The van der Waals surface area contributed by atoms with E-state index >= 15 is 0 Å². The average Bonchev–Trinajstić information content (AvgIpc) is 3.15. The summed E-state index contributed by atoms with van der Waals surface area (Å²) >= 11 is 5.86. The first-order valence-electron chi connectivity index (χ1n) is 8.15. The third-order valence-electron chi connectivity index (χ3n) is 4.11. The molecule has 0 amide bonds. The number of esters is 1. The van der Waals surface area contributed by atoms with Gasteiger partial charge in [0.25, 0.3) is 5.89 Å². The van der Waals surface area contributed by atoms with Crippen LogP contribution in [0.1, 0.15) is 11.5 Å². The number of halogens is 1. The van der Waals surface area contributed by atoms with Gasteiger partial charge in [-0.05, 0) is 42.3 Å². The van der Waals surface area contributed by atoms with Gasteiger partial charge in [0, 0.05) is 10.6 Å². The lowest BCUT2D eigenvalue weighted by Crippen LogP contribution is -2.29. The molecule has 4 rings (SSSR count). The molecule has 1 aromatic heterocycles. The highest BCUT2D eigenvalue weighted by Gasteiger charge is 2.27. The number of fused-ring (bicyclic) bond motifs is 1. The number of rotatable bonds is 4. The topological polar surface area (TPSA) is 74.5 Å². The van der Waals surface area contributed by atoms with Gasteiger partial charge in [-0.3, -0.25) is 4.79 Å². The first-order chi connectivity index (χ1) is 12.7. The van der Waals surface area contributed by atoms with Gasteiger partial charge >= 0.3 is 5.97 Å². The van der Waals surface area contributed by atoms with Crippen molar-refractivity contribution in [3.05, 3.63) is 65.0 Å². The van der Waals surface area contributed by atoms with Gasteiger partial charge in [-0.2, -0.15) is 0 Å². The van der Waals surface area contributed by atoms with Crippen LogP contribution in [-0.2, 0) is 22.6 Å². The Labute approximate surface area is 154 Å². The number of carbonyl (C=O) groups excluding carboxylic acids is 1. The van der Waals surface area contributed by atoms with E-state index in [4.69, 9.17) is 25.5 Å². The molecular formula is C19H15ClN2O4. The first-order valence-corrected chi connectivity index (χ1v) is 8.52. The van der Waals surface area contributed by atoms with Crippen molar-refractivity contribution in [1.82, 2.24) is 10.2 Å². The molecule has 1 aliphatic rings. The summed E-state index contributed by atoms with van der Waals surface area (Å²) in [5, 5.41) is 8.49. The van der Waals surface area contributed by atoms with E-state index in [9.17, 15) is 4.79 Å². The fourth-order valence-electron chi connectivity index (χ4n) is 2.75. The van der Waals surface area contributed by atoms with E-state index in [1.54, 1.807) is 24.3 Å². The predicted octanol–water partition coefficient (Wildman–Crippen LogP) is 3.68. The maximum Gasteiger partial charge on any atom is 0.313 e. The monoisotopic (exact) mass is 370 g/mol. The molecule has 7 heteroatoms. The Kier molecular flexibility index (Phi) is 4.58. The molecule has 3 aromatic rings. The molecule has 1 aliphatic heterocycles. The number of benzene rings is 2. The van der Waals surface area contributed by atoms with Crippen molar-refractivity contribution in [3.8, 4) is 17.2 Å². The van der Waals surface area contributed by atoms with E-state index in [1.807, 2.05) is 24.3 Å². The minimum atomic E-state index is -0.344. The molecular weight excluding hydrogens is 356 g/mol. The Morgan fingerprint density at radius 3 is 2.81 bits per heavy atom. The van der Waals surface area contributed by atoms with Crippen LogP contribution in [0.3, 0.4) is 0 Å². The van der Waals surface area contributed by atoms with Crippen molar-refractivity contribution in [3.63, 3.8) is 0 Å². The van der Waals surface area contributed by atoms with Crippen molar-refractivity contribution in [1.29, 1.82) is 0 Å². The zero-order valence-electron chi connectivity index (χ0n) is 13.7. The number of nitrogens with zero attached hydrogens (tertiary/aromatic N) is 2. The maximum atomic E-state index is 12.3. The van der Waals surface area contributed by atoms with Crippen LogP contribution in [-0.4, -0.2) is 22.8 Å². The normalized spacial score (nSPS) is 15.8. The first kappa shape index (κ1) is 16.6. The summed E-state index contributed by atoms with van der Waals surface area (Å²) < 4.78 is 16.5. The highest BCUT2D eigenvalue weighted by atomic mass is 35.5. The second-order valence-corrected chi connectivity index (χ2v) is 6.37. The molecule has 132 valence electrons. The van der Waals surface area contributed by atoms with Gasteiger partial charge in [-0.15, -0.1) is 10.2 Å². The lowest BCUT2D eigenvalue weighted by Gasteiger charge is -2.23. The molecule has 1 atom stereocenters. The van der Waals surface area contributed by atoms with Gasteiger partial charge in [0.15, 0.2) is 6.61 Å². The molecule has 6 nitrogen and oxygen atoms in total. The standard InChI is InChI=1S/C19H15ClN2O4/c20-15-7-5-12(6-8-15)18-22-21-17(26-18)11-25-19(23)14-9-13-3-1-2-4-16(13)24-10-14/h1-8,14H,9-11H2. The molecule has 0 radical (unpaired) electrons. The third-order valence-corrected chi connectivity index (χ3v) is 4.36. The highest BCUT2D eigenvalue weighted by molar-refractivity contribution is 6.30. The number of aromatic nitrogens is 2. The minimum absolute atomic E-state index is 0.0719. The molecule has 0 aliphatic carbocycles.